The molecule has 0 aliphatic heterocycles. The molecule has 16 heavy (non-hydrogen) atoms. The molecular weight excluding hydrogens is 219 g/mol. The van der Waals surface area contributed by atoms with E-state index < -0.39 is 17.5 Å². The first kappa shape index (κ1) is 10.5. The lowest BCUT2D eigenvalue weighted by atomic mass is 10.1. The number of nitrogen functional groups attached to an aromatic ring is 1. The van der Waals surface area contributed by atoms with Gasteiger partial charge in [-0.2, -0.15) is 5.10 Å². The highest BCUT2D eigenvalue weighted by atomic mass is 19.2. The fraction of sp³-hybridized carbons (Fsp3) is 0.100. The van der Waals surface area contributed by atoms with Gasteiger partial charge in [-0.05, 0) is 12.1 Å². The van der Waals surface area contributed by atoms with Crippen molar-refractivity contribution in [2.24, 2.45) is 0 Å². The van der Waals surface area contributed by atoms with Crippen LogP contribution < -0.4 is 5.73 Å². The van der Waals surface area contributed by atoms with Crippen molar-refractivity contribution in [2.75, 3.05) is 5.73 Å². The highest BCUT2D eigenvalue weighted by molar-refractivity contribution is 5.32. The second-order valence-corrected chi connectivity index (χ2v) is 3.32. The van der Waals surface area contributed by atoms with Gasteiger partial charge >= 0.3 is 0 Å². The normalized spacial score (nSPS) is 10.7. The van der Waals surface area contributed by atoms with E-state index in [0.29, 0.717) is 5.69 Å². The van der Waals surface area contributed by atoms with E-state index >= 15 is 0 Å². The standard InChI is InChI=1S/C10H8F3N3/c11-7-1-2-8(12)10(13)6(7)3-5-4-9(14)16-15-5/h1-2,4H,3H2,(H3,14,15,16). The maximum absolute atomic E-state index is 13.3. The number of nitrogens with one attached hydrogen (secondary N) is 1. The van der Waals surface area contributed by atoms with Gasteiger partial charge in [0.2, 0.25) is 0 Å². The SMILES string of the molecule is Nc1cc(Cc2c(F)ccc(F)c2F)[nH]n1. The summed E-state index contributed by atoms with van der Waals surface area (Å²) in [7, 11) is 0. The van der Waals surface area contributed by atoms with Crippen LogP contribution >= 0.6 is 0 Å². The first-order valence-electron chi connectivity index (χ1n) is 4.50. The van der Waals surface area contributed by atoms with E-state index in [1.54, 1.807) is 0 Å². The van der Waals surface area contributed by atoms with Crippen molar-refractivity contribution in [1.82, 2.24) is 10.2 Å². The average Bonchev–Trinajstić information content (AvgIpc) is 2.65. The van der Waals surface area contributed by atoms with Crippen LogP contribution in [0.2, 0.25) is 0 Å². The maximum atomic E-state index is 13.3. The topological polar surface area (TPSA) is 54.7 Å². The molecule has 2 rings (SSSR count). The van der Waals surface area contributed by atoms with Crippen molar-refractivity contribution in [2.45, 2.75) is 6.42 Å². The van der Waals surface area contributed by atoms with Crippen molar-refractivity contribution in [1.29, 1.82) is 0 Å². The number of H-pyrrole nitrogens is 1. The summed E-state index contributed by atoms with van der Waals surface area (Å²) in [5.74, 6) is -2.85. The summed E-state index contributed by atoms with van der Waals surface area (Å²) in [5.41, 5.74) is 5.41. The first-order valence-corrected chi connectivity index (χ1v) is 4.50. The Morgan fingerprint density at radius 3 is 2.50 bits per heavy atom. The Bertz CT molecular complexity index is 522. The second kappa shape index (κ2) is 3.88. The fourth-order valence-corrected chi connectivity index (χ4v) is 1.39. The van der Waals surface area contributed by atoms with Gasteiger partial charge in [0.25, 0.3) is 0 Å². The number of benzene rings is 1. The molecule has 3 N–H and O–H groups in total. The lowest BCUT2D eigenvalue weighted by Gasteiger charge is -2.03. The molecule has 1 heterocycles. The van der Waals surface area contributed by atoms with Crippen molar-refractivity contribution in [3.63, 3.8) is 0 Å². The molecule has 0 saturated carbocycles. The fourth-order valence-electron chi connectivity index (χ4n) is 1.39. The number of aromatic nitrogens is 2. The van der Waals surface area contributed by atoms with E-state index in [-0.39, 0.29) is 17.8 Å². The molecule has 0 unspecified atom stereocenters. The third-order valence-corrected chi connectivity index (χ3v) is 2.16. The number of hydrogen-bond donors (Lipinski definition) is 2. The first-order chi connectivity index (χ1) is 7.58. The third-order valence-electron chi connectivity index (χ3n) is 2.16. The average molecular weight is 227 g/mol. The molecule has 84 valence electrons. The molecule has 1 aromatic heterocycles. The van der Waals surface area contributed by atoms with E-state index in [9.17, 15) is 13.2 Å². The van der Waals surface area contributed by atoms with Crippen LogP contribution in [0.5, 0.6) is 0 Å². The monoisotopic (exact) mass is 227 g/mol. The minimum atomic E-state index is -1.19. The van der Waals surface area contributed by atoms with Gasteiger partial charge in [-0.15, -0.1) is 0 Å². The highest BCUT2D eigenvalue weighted by Crippen LogP contribution is 2.19. The predicted molar refractivity (Wildman–Crippen MR) is 52.1 cm³/mol. The van der Waals surface area contributed by atoms with Crippen LogP contribution in [0, 0.1) is 17.5 Å². The summed E-state index contributed by atoms with van der Waals surface area (Å²) >= 11 is 0. The predicted octanol–water partition coefficient (Wildman–Crippen LogP) is 2.00. The minimum Gasteiger partial charge on any atom is -0.382 e. The Hall–Kier alpha value is -1.98. The molecular formula is C10H8F3N3. The second-order valence-electron chi connectivity index (χ2n) is 3.32. The van der Waals surface area contributed by atoms with Crippen LogP contribution in [-0.2, 0) is 6.42 Å². The van der Waals surface area contributed by atoms with Crippen molar-refractivity contribution < 1.29 is 13.2 Å². The minimum absolute atomic E-state index is 0.125. The van der Waals surface area contributed by atoms with Gasteiger partial charge in [0.1, 0.15) is 11.6 Å². The van der Waals surface area contributed by atoms with Gasteiger partial charge in [-0.1, -0.05) is 0 Å². The van der Waals surface area contributed by atoms with Crippen LogP contribution in [0.15, 0.2) is 18.2 Å². The van der Waals surface area contributed by atoms with Gasteiger partial charge in [-0.3, -0.25) is 5.10 Å². The summed E-state index contributed by atoms with van der Waals surface area (Å²) in [6.45, 7) is 0. The number of nitrogens with two attached hydrogens (primary N) is 1. The zero-order valence-corrected chi connectivity index (χ0v) is 8.10. The number of rotatable bonds is 2. The Balaban J connectivity index is 2.37. The summed E-state index contributed by atoms with van der Waals surface area (Å²) in [6, 6.07) is 3.06. The van der Waals surface area contributed by atoms with Crippen LogP contribution in [0.3, 0.4) is 0 Å². The molecule has 0 aliphatic rings. The molecule has 1 aromatic carbocycles. The summed E-state index contributed by atoms with van der Waals surface area (Å²) in [6.07, 6.45) is -0.125. The number of aromatic amines is 1. The molecule has 6 heteroatoms. The summed E-state index contributed by atoms with van der Waals surface area (Å²) in [5, 5.41) is 6.11. The van der Waals surface area contributed by atoms with Crippen molar-refractivity contribution in [3.8, 4) is 0 Å². The Kier molecular flexibility index (Phi) is 2.55. The van der Waals surface area contributed by atoms with E-state index in [2.05, 4.69) is 10.2 Å². The molecule has 0 aliphatic carbocycles. The van der Waals surface area contributed by atoms with Gasteiger partial charge in [0, 0.05) is 23.7 Å². The van der Waals surface area contributed by atoms with Crippen LogP contribution in [-0.4, -0.2) is 10.2 Å². The van der Waals surface area contributed by atoms with E-state index in [1.165, 1.54) is 6.07 Å². The van der Waals surface area contributed by atoms with Crippen LogP contribution in [0.1, 0.15) is 11.3 Å². The molecule has 0 saturated heterocycles. The largest absolute Gasteiger partial charge is 0.382 e. The zero-order chi connectivity index (χ0) is 11.7. The van der Waals surface area contributed by atoms with E-state index in [0.717, 1.165) is 12.1 Å². The lowest BCUT2D eigenvalue weighted by molar-refractivity contribution is 0.482. The lowest BCUT2D eigenvalue weighted by Crippen LogP contribution is -2.00. The number of anilines is 1. The quantitative estimate of drug-likeness (QED) is 0.771. The maximum Gasteiger partial charge on any atom is 0.165 e. The number of halogens is 3. The molecule has 3 nitrogen and oxygen atoms in total. The Morgan fingerprint density at radius 2 is 1.88 bits per heavy atom. The van der Waals surface area contributed by atoms with E-state index in [4.69, 9.17) is 5.73 Å². The summed E-state index contributed by atoms with van der Waals surface area (Å²) in [4.78, 5) is 0. The molecule has 0 fully saturated rings. The molecule has 0 atom stereocenters. The molecule has 2 aromatic rings. The van der Waals surface area contributed by atoms with Crippen LogP contribution in [0.25, 0.3) is 0 Å². The highest BCUT2D eigenvalue weighted by Gasteiger charge is 2.14. The summed E-state index contributed by atoms with van der Waals surface area (Å²) < 4.78 is 39.4. The Labute approximate surface area is 89.1 Å². The Morgan fingerprint density at radius 1 is 1.19 bits per heavy atom. The van der Waals surface area contributed by atoms with Gasteiger partial charge < -0.3 is 5.73 Å². The van der Waals surface area contributed by atoms with Crippen molar-refractivity contribution in [3.05, 3.63) is 46.9 Å². The number of nitrogens with zero attached hydrogens (tertiary/aromatic N) is 1. The van der Waals surface area contributed by atoms with Gasteiger partial charge in [0.05, 0.1) is 0 Å². The molecule has 0 radical (unpaired) electrons. The zero-order valence-electron chi connectivity index (χ0n) is 8.10. The third kappa shape index (κ3) is 1.86. The number of hydrogen-bond acceptors (Lipinski definition) is 2. The van der Waals surface area contributed by atoms with Gasteiger partial charge in [0.15, 0.2) is 11.6 Å². The van der Waals surface area contributed by atoms with Crippen LogP contribution in [0.4, 0.5) is 19.0 Å². The van der Waals surface area contributed by atoms with E-state index in [1.807, 2.05) is 0 Å². The molecule has 0 amide bonds. The molecule has 0 bridgehead atoms. The smallest absolute Gasteiger partial charge is 0.165 e. The molecule has 0 spiro atoms. The van der Waals surface area contributed by atoms with Gasteiger partial charge in [-0.25, -0.2) is 13.2 Å². The van der Waals surface area contributed by atoms with Crippen molar-refractivity contribution >= 4 is 5.82 Å².